The van der Waals surface area contributed by atoms with Crippen LogP contribution in [0.25, 0.3) is 21.8 Å². The highest BCUT2D eigenvalue weighted by Gasteiger charge is 2.22. The molecule has 30 heavy (non-hydrogen) atoms. The zero-order chi connectivity index (χ0) is 21.1. The molecule has 0 saturated carbocycles. The molecule has 154 valence electrons. The molecule has 0 fully saturated rings. The number of nitrogens with zero attached hydrogens (tertiary/aromatic N) is 1. The first kappa shape index (κ1) is 19.8. The molecule has 4 aromatic rings. The Morgan fingerprint density at radius 2 is 1.90 bits per heavy atom. The van der Waals surface area contributed by atoms with E-state index in [0.29, 0.717) is 16.9 Å². The Hall–Kier alpha value is -3.45. The molecule has 0 aliphatic heterocycles. The first-order valence-corrected chi connectivity index (χ1v) is 9.58. The number of methoxy groups -OCH3 is 1. The molecule has 0 radical (unpaired) electrons. The Bertz CT molecular complexity index is 1220. The van der Waals surface area contributed by atoms with E-state index in [1.54, 1.807) is 38.4 Å². The van der Waals surface area contributed by atoms with Crippen LogP contribution in [-0.2, 0) is 22.7 Å². The first-order chi connectivity index (χ1) is 14.6. The average Bonchev–Trinajstić information content (AvgIpc) is 3.13. The van der Waals surface area contributed by atoms with Crippen LogP contribution in [-0.4, -0.2) is 29.7 Å². The summed E-state index contributed by atoms with van der Waals surface area (Å²) in [5, 5.41) is 1.55. The van der Waals surface area contributed by atoms with E-state index in [1.807, 2.05) is 18.2 Å². The Morgan fingerprint density at radius 3 is 2.67 bits per heavy atom. The molecule has 0 bridgehead atoms. The van der Waals surface area contributed by atoms with Gasteiger partial charge in [-0.1, -0.05) is 24.3 Å². The summed E-state index contributed by atoms with van der Waals surface area (Å²) in [6, 6.07) is 12.1. The number of halogens is 1. The quantitative estimate of drug-likeness (QED) is 0.447. The number of carbonyl (C=O) groups excluding carboxylic acids is 1. The van der Waals surface area contributed by atoms with Gasteiger partial charge in [0, 0.05) is 29.0 Å². The van der Waals surface area contributed by atoms with Gasteiger partial charge in [-0.2, -0.15) is 0 Å². The Balaban J connectivity index is 1.86. The van der Waals surface area contributed by atoms with Gasteiger partial charge in [-0.3, -0.25) is 0 Å². The minimum absolute atomic E-state index is 0.0773. The molecule has 7 heteroatoms. The van der Waals surface area contributed by atoms with Crippen molar-refractivity contribution in [1.82, 2.24) is 9.97 Å². The molecule has 4 rings (SSSR count). The fourth-order valence-electron chi connectivity index (χ4n) is 3.52. The van der Waals surface area contributed by atoms with Gasteiger partial charge in [0.1, 0.15) is 18.2 Å². The van der Waals surface area contributed by atoms with Gasteiger partial charge in [0.15, 0.2) is 5.69 Å². The number of fused-ring (bicyclic) bond motifs is 3. The van der Waals surface area contributed by atoms with E-state index in [1.165, 1.54) is 6.07 Å². The van der Waals surface area contributed by atoms with Crippen LogP contribution in [0.15, 0.2) is 48.7 Å². The molecular weight excluding hydrogens is 387 g/mol. The number of pyridine rings is 1. The van der Waals surface area contributed by atoms with E-state index in [0.717, 1.165) is 21.8 Å². The number of hydrogen-bond donors (Lipinski definition) is 1. The second kappa shape index (κ2) is 8.51. The highest BCUT2D eigenvalue weighted by molar-refractivity contribution is 6.13. The van der Waals surface area contributed by atoms with Crippen molar-refractivity contribution in [3.63, 3.8) is 0 Å². The van der Waals surface area contributed by atoms with Crippen molar-refractivity contribution in [1.29, 1.82) is 0 Å². The number of ether oxygens (including phenoxy) is 3. The summed E-state index contributed by atoms with van der Waals surface area (Å²) >= 11 is 0. The van der Waals surface area contributed by atoms with Gasteiger partial charge < -0.3 is 19.2 Å². The zero-order valence-corrected chi connectivity index (χ0v) is 16.7. The summed E-state index contributed by atoms with van der Waals surface area (Å²) in [6.45, 7) is 2.24. The lowest BCUT2D eigenvalue weighted by atomic mass is 10.0. The molecule has 0 spiro atoms. The largest absolute Gasteiger partial charge is 0.488 e. The van der Waals surface area contributed by atoms with Crippen LogP contribution in [0.1, 0.15) is 28.5 Å². The number of hydrogen-bond acceptors (Lipinski definition) is 5. The van der Waals surface area contributed by atoms with Gasteiger partial charge in [-0.15, -0.1) is 0 Å². The number of carbonyl (C=O) groups is 1. The molecule has 2 heterocycles. The van der Waals surface area contributed by atoms with Crippen molar-refractivity contribution < 1.29 is 23.4 Å². The molecule has 2 aromatic heterocycles. The van der Waals surface area contributed by atoms with Gasteiger partial charge in [-0.05, 0) is 25.1 Å². The summed E-state index contributed by atoms with van der Waals surface area (Å²) in [6.07, 6.45) is 1.60. The standard InChI is InChI=1S/C23H21FN2O4/c1-3-29-23(27)22-15(13-28-2)20-18(11-25-22)26-17-9-6-10-19(21(17)20)30-12-14-7-4-5-8-16(14)24/h4-11,26H,3,12-13H2,1-2H3. The molecule has 1 N–H and O–H groups in total. The van der Waals surface area contributed by atoms with Crippen LogP contribution in [0.2, 0.25) is 0 Å². The number of aromatic amines is 1. The predicted molar refractivity (Wildman–Crippen MR) is 111 cm³/mol. The summed E-state index contributed by atoms with van der Waals surface area (Å²) in [5.74, 6) is -0.261. The predicted octanol–water partition coefficient (Wildman–Crippen LogP) is 4.76. The van der Waals surface area contributed by atoms with Crippen LogP contribution in [0.3, 0.4) is 0 Å². The maximum absolute atomic E-state index is 14.0. The van der Waals surface area contributed by atoms with Gasteiger partial charge in [-0.25, -0.2) is 14.2 Å². The van der Waals surface area contributed by atoms with Crippen molar-refractivity contribution in [2.24, 2.45) is 0 Å². The van der Waals surface area contributed by atoms with E-state index in [9.17, 15) is 9.18 Å². The smallest absolute Gasteiger partial charge is 0.357 e. The number of rotatable bonds is 7. The fourth-order valence-corrected chi connectivity index (χ4v) is 3.52. The van der Waals surface area contributed by atoms with Gasteiger partial charge in [0.2, 0.25) is 0 Å². The van der Waals surface area contributed by atoms with Crippen molar-refractivity contribution >= 4 is 27.8 Å². The lowest BCUT2D eigenvalue weighted by Crippen LogP contribution is -2.11. The molecule has 0 amide bonds. The summed E-state index contributed by atoms with van der Waals surface area (Å²) in [7, 11) is 1.55. The molecule has 6 nitrogen and oxygen atoms in total. The average molecular weight is 408 g/mol. The summed E-state index contributed by atoms with van der Waals surface area (Å²) in [4.78, 5) is 20.1. The van der Waals surface area contributed by atoms with Crippen LogP contribution in [0.5, 0.6) is 5.75 Å². The first-order valence-electron chi connectivity index (χ1n) is 9.58. The minimum Gasteiger partial charge on any atom is -0.488 e. The van der Waals surface area contributed by atoms with Crippen molar-refractivity contribution in [2.75, 3.05) is 13.7 Å². The van der Waals surface area contributed by atoms with Crippen LogP contribution in [0.4, 0.5) is 4.39 Å². The van der Waals surface area contributed by atoms with E-state index < -0.39 is 5.97 Å². The zero-order valence-electron chi connectivity index (χ0n) is 16.7. The Labute approximate surface area is 172 Å². The highest BCUT2D eigenvalue weighted by Crippen LogP contribution is 2.36. The fraction of sp³-hybridized carbons (Fsp3) is 0.217. The van der Waals surface area contributed by atoms with Crippen molar-refractivity contribution in [2.45, 2.75) is 20.1 Å². The number of H-pyrrole nitrogens is 1. The van der Waals surface area contributed by atoms with Crippen LogP contribution >= 0.6 is 0 Å². The Kier molecular flexibility index (Phi) is 5.63. The number of aromatic nitrogens is 2. The maximum Gasteiger partial charge on any atom is 0.357 e. The third-order valence-electron chi connectivity index (χ3n) is 4.82. The third kappa shape index (κ3) is 3.59. The lowest BCUT2D eigenvalue weighted by Gasteiger charge is -2.12. The van der Waals surface area contributed by atoms with Gasteiger partial charge in [0.25, 0.3) is 0 Å². The number of nitrogens with one attached hydrogen (secondary N) is 1. The topological polar surface area (TPSA) is 73.4 Å². The second-order valence-electron chi connectivity index (χ2n) is 6.71. The monoisotopic (exact) mass is 408 g/mol. The van der Waals surface area contributed by atoms with Crippen LogP contribution < -0.4 is 4.74 Å². The lowest BCUT2D eigenvalue weighted by molar-refractivity contribution is 0.0514. The van der Waals surface area contributed by atoms with E-state index in [2.05, 4.69) is 9.97 Å². The molecule has 0 aliphatic carbocycles. The Morgan fingerprint density at radius 1 is 1.07 bits per heavy atom. The summed E-state index contributed by atoms with van der Waals surface area (Å²) in [5.41, 5.74) is 2.83. The van der Waals surface area contributed by atoms with Crippen molar-refractivity contribution in [3.8, 4) is 5.75 Å². The molecule has 0 saturated heterocycles. The SMILES string of the molecule is CCOC(=O)c1ncc2[nH]c3cccc(OCc4ccccc4F)c3c2c1COC. The van der Waals surface area contributed by atoms with E-state index >= 15 is 0 Å². The molecule has 0 aliphatic rings. The molecule has 0 unspecified atom stereocenters. The maximum atomic E-state index is 14.0. The molecule has 0 atom stereocenters. The summed E-state index contributed by atoms with van der Waals surface area (Å²) < 4.78 is 30.5. The normalized spacial score (nSPS) is 11.2. The third-order valence-corrected chi connectivity index (χ3v) is 4.82. The van der Waals surface area contributed by atoms with E-state index in [-0.39, 0.29) is 31.3 Å². The minimum atomic E-state index is -0.509. The van der Waals surface area contributed by atoms with Crippen molar-refractivity contribution in [3.05, 3.63) is 71.3 Å². The van der Waals surface area contributed by atoms with Gasteiger partial charge in [0.05, 0.1) is 30.4 Å². The number of esters is 1. The van der Waals surface area contributed by atoms with Crippen LogP contribution in [0, 0.1) is 5.82 Å². The molecule has 2 aromatic carbocycles. The highest BCUT2D eigenvalue weighted by atomic mass is 19.1. The second-order valence-corrected chi connectivity index (χ2v) is 6.71. The van der Waals surface area contributed by atoms with E-state index in [4.69, 9.17) is 14.2 Å². The molecular formula is C23H21FN2O4. The van der Waals surface area contributed by atoms with Gasteiger partial charge >= 0.3 is 5.97 Å². The number of benzene rings is 2.